The molecule has 3 nitrogen and oxygen atoms in total. The van der Waals surface area contributed by atoms with E-state index in [4.69, 9.17) is 0 Å². The molecule has 1 aromatic carbocycles. The van der Waals surface area contributed by atoms with E-state index in [2.05, 4.69) is 10.6 Å². The number of amides is 1. The van der Waals surface area contributed by atoms with Gasteiger partial charge in [-0.2, -0.15) is 0 Å². The van der Waals surface area contributed by atoms with Gasteiger partial charge in [0.25, 0.3) is 0 Å². The van der Waals surface area contributed by atoms with Crippen LogP contribution in [0.1, 0.15) is 17.9 Å². The van der Waals surface area contributed by atoms with Crippen molar-refractivity contribution in [1.82, 2.24) is 10.6 Å². The Morgan fingerprint density at radius 3 is 2.68 bits per heavy atom. The van der Waals surface area contributed by atoms with Crippen LogP contribution in [-0.4, -0.2) is 26.0 Å². The molecule has 106 valence electrons. The zero-order chi connectivity index (χ0) is 13.1. The number of nitrogens with one attached hydrogen (secondary N) is 2. The third-order valence-corrected chi connectivity index (χ3v) is 3.17. The number of carbonyl (C=O) groups is 1. The first-order valence-electron chi connectivity index (χ1n) is 6.00. The predicted octanol–water partition coefficient (Wildman–Crippen LogP) is 1.83. The van der Waals surface area contributed by atoms with Gasteiger partial charge in [0.15, 0.2) is 11.6 Å². The highest BCUT2D eigenvalue weighted by atomic mass is 35.5. The Balaban J connectivity index is 0.00000180. The van der Waals surface area contributed by atoms with Gasteiger partial charge in [0.1, 0.15) is 0 Å². The molecule has 1 amide bonds. The summed E-state index contributed by atoms with van der Waals surface area (Å²) in [6.45, 7) is 1.30. The molecule has 2 unspecified atom stereocenters. The zero-order valence-electron chi connectivity index (χ0n) is 10.6. The van der Waals surface area contributed by atoms with Crippen molar-refractivity contribution in [1.29, 1.82) is 0 Å². The van der Waals surface area contributed by atoms with Gasteiger partial charge in [-0.05, 0) is 37.1 Å². The number of hydrogen-bond acceptors (Lipinski definition) is 2. The zero-order valence-corrected chi connectivity index (χ0v) is 11.4. The summed E-state index contributed by atoms with van der Waals surface area (Å²) in [5, 5.41) is 5.74. The number of rotatable bonds is 5. The lowest BCUT2D eigenvalue weighted by atomic mass is 10.1. The van der Waals surface area contributed by atoms with Crippen LogP contribution in [0.5, 0.6) is 0 Å². The molecule has 19 heavy (non-hydrogen) atoms. The average Bonchev–Trinajstić information content (AvgIpc) is 3.13. The van der Waals surface area contributed by atoms with Crippen LogP contribution in [0.4, 0.5) is 8.78 Å². The molecule has 1 aliphatic rings. The molecule has 2 rings (SSSR count). The Hall–Kier alpha value is -1.20. The van der Waals surface area contributed by atoms with E-state index < -0.39 is 11.6 Å². The molecule has 0 aliphatic heterocycles. The molecule has 1 aliphatic carbocycles. The molecular formula is C13H17ClF2N2O. The summed E-state index contributed by atoms with van der Waals surface area (Å²) in [6, 6.07) is 3.84. The van der Waals surface area contributed by atoms with E-state index in [9.17, 15) is 13.6 Å². The van der Waals surface area contributed by atoms with Crippen LogP contribution in [0.15, 0.2) is 18.2 Å². The molecule has 0 aromatic heterocycles. The van der Waals surface area contributed by atoms with Crippen molar-refractivity contribution in [3.63, 3.8) is 0 Å². The Morgan fingerprint density at radius 2 is 2.05 bits per heavy atom. The van der Waals surface area contributed by atoms with Crippen molar-refractivity contribution < 1.29 is 13.6 Å². The lowest BCUT2D eigenvalue weighted by molar-refractivity contribution is -0.122. The minimum absolute atomic E-state index is 0. The monoisotopic (exact) mass is 290 g/mol. The van der Waals surface area contributed by atoms with Gasteiger partial charge in [-0.25, -0.2) is 8.78 Å². The van der Waals surface area contributed by atoms with Crippen molar-refractivity contribution in [3.05, 3.63) is 35.4 Å². The van der Waals surface area contributed by atoms with E-state index in [1.165, 1.54) is 6.07 Å². The predicted molar refractivity (Wildman–Crippen MR) is 71.4 cm³/mol. The SMILES string of the molecule is CNCCNC(=O)C1CC1c1ccc(F)c(F)c1.Cl. The van der Waals surface area contributed by atoms with E-state index in [1.807, 2.05) is 7.05 Å². The maximum absolute atomic E-state index is 13.1. The van der Waals surface area contributed by atoms with Crippen LogP contribution in [0.3, 0.4) is 0 Å². The van der Waals surface area contributed by atoms with Crippen molar-refractivity contribution in [2.75, 3.05) is 20.1 Å². The Labute approximate surface area is 117 Å². The first-order chi connectivity index (χ1) is 8.63. The molecule has 0 heterocycles. The van der Waals surface area contributed by atoms with E-state index in [0.29, 0.717) is 25.1 Å². The Kier molecular flexibility index (Phi) is 5.69. The number of halogens is 3. The summed E-state index contributed by atoms with van der Waals surface area (Å²) in [7, 11) is 1.81. The van der Waals surface area contributed by atoms with E-state index in [-0.39, 0.29) is 30.2 Å². The topological polar surface area (TPSA) is 41.1 Å². The Bertz CT molecular complexity index is 456. The van der Waals surface area contributed by atoms with Crippen molar-refractivity contribution in [3.8, 4) is 0 Å². The van der Waals surface area contributed by atoms with Gasteiger partial charge in [0, 0.05) is 19.0 Å². The fourth-order valence-electron chi connectivity index (χ4n) is 2.04. The molecule has 6 heteroatoms. The molecule has 0 bridgehead atoms. The van der Waals surface area contributed by atoms with Gasteiger partial charge >= 0.3 is 0 Å². The summed E-state index contributed by atoms with van der Waals surface area (Å²) in [5.41, 5.74) is 0.697. The summed E-state index contributed by atoms with van der Waals surface area (Å²) in [6.07, 6.45) is 0.705. The number of likely N-dealkylation sites (N-methyl/N-ethyl adjacent to an activating group) is 1. The van der Waals surface area contributed by atoms with E-state index in [0.717, 1.165) is 6.07 Å². The van der Waals surface area contributed by atoms with Crippen LogP contribution in [0, 0.1) is 17.6 Å². The maximum Gasteiger partial charge on any atom is 0.223 e. The van der Waals surface area contributed by atoms with Gasteiger partial charge in [0.05, 0.1) is 0 Å². The molecule has 2 N–H and O–H groups in total. The fourth-order valence-corrected chi connectivity index (χ4v) is 2.04. The summed E-state index contributed by atoms with van der Waals surface area (Å²) in [4.78, 5) is 11.7. The second-order valence-corrected chi connectivity index (χ2v) is 4.52. The van der Waals surface area contributed by atoms with Gasteiger partial charge in [-0.3, -0.25) is 4.79 Å². The highest BCUT2D eigenvalue weighted by Crippen LogP contribution is 2.47. The van der Waals surface area contributed by atoms with Crippen LogP contribution < -0.4 is 10.6 Å². The van der Waals surface area contributed by atoms with Gasteiger partial charge in [-0.15, -0.1) is 12.4 Å². The van der Waals surface area contributed by atoms with Crippen molar-refractivity contribution >= 4 is 18.3 Å². The van der Waals surface area contributed by atoms with E-state index in [1.54, 1.807) is 6.07 Å². The maximum atomic E-state index is 13.1. The van der Waals surface area contributed by atoms with Gasteiger partial charge in [0.2, 0.25) is 5.91 Å². The molecular weight excluding hydrogens is 274 g/mol. The third-order valence-electron chi connectivity index (χ3n) is 3.17. The number of hydrogen-bond donors (Lipinski definition) is 2. The fraction of sp³-hybridized carbons (Fsp3) is 0.462. The number of benzene rings is 1. The van der Waals surface area contributed by atoms with Crippen molar-refractivity contribution in [2.24, 2.45) is 5.92 Å². The first-order valence-corrected chi connectivity index (χ1v) is 6.00. The quantitative estimate of drug-likeness (QED) is 0.812. The molecule has 1 fully saturated rings. The minimum atomic E-state index is -0.853. The van der Waals surface area contributed by atoms with Gasteiger partial charge in [-0.1, -0.05) is 6.07 Å². The molecule has 0 radical (unpaired) electrons. The number of carbonyl (C=O) groups excluding carboxylic acids is 1. The molecule has 1 saturated carbocycles. The highest BCUT2D eigenvalue weighted by molar-refractivity contribution is 5.85. The standard InChI is InChI=1S/C13H16F2N2O.ClH/c1-16-4-5-17-13(18)10-7-9(10)8-2-3-11(14)12(15)6-8;/h2-3,6,9-10,16H,4-5,7H2,1H3,(H,17,18);1H. The summed E-state index contributed by atoms with van der Waals surface area (Å²) >= 11 is 0. The molecule has 1 aromatic rings. The average molecular weight is 291 g/mol. The lowest BCUT2D eigenvalue weighted by Crippen LogP contribution is -2.31. The third kappa shape index (κ3) is 3.88. The van der Waals surface area contributed by atoms with Crippen LogP contribution in [0.25, 0.3) is 0 Å². The van der Waals surface area contributed by atoms with Crippen molar-refractivity contribution in [2.45, 2.75) is 12.3 Å². The highest BCUT2D eigenvalue weighted by Gasteiger charge is 2.43. The minimum Gasteiger partial charge on any atom is -0.355 e. The molecule has 0 spiro atoms. The molecule has 2 atom stereocenters. The first kappa shape index (κ1) is 15.9. The van der Waals surface area contributed by atoms with E-state index >= 15 is 0 Å². The van der Waals surface area contributed by atoms with Gasteiger partial charge < -0.3 is 10.6 Å². The van der Waals surface area contributed by atoms with Crippen LogP contribution >= 0.6 is 12.4 Å². The van der Waals surface area contributed by atoms with Crippen LogP contribution in [0.2, 0.25) is 0 Å². The second-order valence-electron chi connectivity index (χ2n) is 4.52. The van der Waals surface area contributed by atoms with Crippen LogP contribution in [-0.2, 0) is 4.79 Å². The smallest absolute Gasteiger partial charge is 0.223 e. The lowest BCUT2D eigenvalue weighted by Gasteiger charge is -2.04. The normalized spacial score (nSPS) is 20.6. The summed E-state index contributed by atoms with van der Waals surface area (Å²) in [5.74, 6) is -1.80. The molecule has 0 saturated heterocycles. The Morgan fingerprint density at radius 1 is 1.32 bits per heavy atom. The largest absolute Gasteiger partial charge is 0.355 e. The second kappa shape index (κ2) is 6.82. The summed E-state index contributed by atoms with van der Waals surface area (Å²) < 4.78 is 25.8.